The minimum absolute atomic E-state index is 0.269. The van der Waals surface area contributed by atoms with Gasteiger partial charge in [0, 0.05) is 24.3 Å². The molecule has 0 aromatic heterocycles. The molecule has 5 heteroatoms. The first-order valence-electron chi connectivity index (χ1n) is 8.02. The Labute approximate surface area is 152 Å². The van der Waals surface area contributed by atoms with Gasteiger partial charge in [0.05, 0.1) is 6.33 Å². The maximum atomic E-state index is 13.1. The molecule has 0 spiro atoms. The van der Waals surface area contributed by atoms with Crippen LogP contribution in [0.1, 0.15) is 17.5 Å². The van der Waals surface area contributed by atoms with Crippen LogP contribution in [0.5, 0.6) is 0 Å². The highest BCUT2D eigenvalue weighted by atomic mass is 35.5. The molecule has 0 fully saturated rings. The molecule has 0 heterocycles. The van der Waals surface area contributed by atoms with Crippen LogP contribution in [0.2, 0.25) is 0 Å². The lowest BCUT2D eigenvalue weighted by Crippen LogP contribution is -2.07. The second-order valence-corrected chi connectivity index (χ2v) is 5.88. The third kappa shape index (κ3) is 6.00. The van der Waals surface area contributed by atoms with Gasteiger partial charge < -0.3 is 11.1 Å². The molecule has 0 bridgehead atoms. The van der Waals surface area contributed by atoms with Crippen molar-refractivity contribution in [1.82, 2.24) is 0 Å². The summed E-state index contributed by atoms with van der Waals surface area (Å²) >= 11 is 5.77. The van der Waals surface area contributed by atoms with E-state index >= 15 is 0 Å². The third-order valence-electron chi connectivity index (χ3n) is 3.91. The number of nitrogens with one attached hydrogen (secondary N) is 1. The van der Waals surface area contributed by atoms with Gasteiger partial charge in [0.1, 0.15) is 5.82 Å². The fourth-order valence-electron chi connectivity index (χ4n) is 2.41. The molecule has 0 aliphatic heterocycles. The van der Waals surface area contributed by atoms with Crippen LogP contribution in [-0.2, 0) is 6.42 Å². The van der Waals surface area contributed by atoms with Crippen molar-refractivity contribution in [3.05, 3.63) is 82.9 Å². The Morgan fingerprint density at radius 2 is 1.92 bits per heavy atom. The maximum Gasteiger partial charge on any atom is 0.123 e. The van der Waals surface area contributed by atoms with E-state index in [-0.39, 0.29) is 5.82 Å². The normalized spacial score (nSPS) is 12.3. The van der Waals surface area contributed by atoms with Crippen LogP contribution in [0.4, 0.5) is 14.5 Å². The molecule has 0 saturated heterocycles. The third-order valence-corrected chi connectivity index (χ3v) is 4.17. The summed E-state index contributed by atoms with van der Waals surface area (Å²) in [7, 11) is 0. The highest BCUT2D eigenvalue weighted by Crippen LogP contribution is 2.19. The summed E-state index contributed by atoms with van der Waals surface area (Å²) in [5.41, 5.74) is 11.4. The lowest BCUT2D eigenvalue weighted by atomic mass is 10.0. The van der Waals surface area contributed by atoms with Crippen LogP contribution in [0, 0.1) is 5.82 Å². The van der Waals surface area contributed by atoms with E-state index in [1.54, 1.807) is 12.1 Å². The fraction of sp³-hybridized carbons (Fsp3) is 0.200. The molecule has 0 aliphatic rings. The summed E-state index contributed by atoms with van der Waals surface area (Å²) in [5, 5.41) is 3.21. The molecule has 2 aromatic carbocycles. The molecule has 3 N–H and O–H groups in total. The van der Waals surface area contributed by atoms with Crippen LogP contribution in [0.3, 0.4) is 0 Å². The Morgan fingerprint density at radius 3 is 2.56 bits per heavy atom. The largest absolute Gasteiger partial charge is 0.381 e. The summed E-state index contributed by atoms with van der Waals surface area (Å²) in [5.74, 6) is -0.269. The van der Waals surface area contributed by atoms with Gasteiger partial charge in [0.2, 0.25) is 0 Å². The number of hydrogen-bond donors (Lipinski definition) is 2. The predicted molar refractivity (Wildman–Crippen MR) is 102 cm³/mol. The Balaban J connectivity index is 1.92. The van der Waals surface area contributed by atoms with E-state index in [9.17, 15) is 8.78 Å². The van der Waals surface area contributed by atoms with Crippen LogP contribution in [0.15, 0.2) is 66.0 Å². The number of anilines is 1. The van der Waals surface area contributed by atoms with Crippen LogP contribution in [0.25, 0.3) is 5.57 Å². The quantitative estimate of drug-likeness (QED) is 0.672. The zero-order chi connectivity index (χ0) is 18.1. The van der Waals surface area contributed by atoms with Gasteiger partial charge in [-0.05, 0) is 59.4 Å². The first-order chi connectivity index (χ1) is 12.2. The molecule has 0 atom stereocenters. The molecule has 2 nitrogen and oxygen atoms in total. The summed E-state index contributed by atoms with van der Waals surface area (Å²) < 4.78 is 26.0. The highest BCUT2D eigenvalue weighted by molar-refractivity contribution is 6.28. The first-order valence-corrected chi connectivity index (χ1v) is 8.46. The van der Waals surface area contributed by atoms with Gasteiger partial charge in [-0.15, -0.1) is 0 Å². The van der Waals surface area contributed by atoms with Crippen LogP contribution < -0.4 is 11.1 Å². The zero-order valence-corrected chi connectivity index (χ0v) is 14.6. The number of benzene rings is 2. The van der Waals surface area contributed by atoms with Crippen molar-refractivity contribution in [2.75, 3.05) is 18.4 Å². The molecule has 0 amide bonds. The number of rotatable bonds is 8. The average molecular weight is 363 g/mol. The molecule has 0 unspecified atom stereocenters. The predicted octanol–water partition coefficient (Wildman–Crippen LogP) is 5.26. The first kappa shape index (κ1) is 19.2. The minimum Gasteiger partial charge on any atom is -0.381 e. The van der Waals surface area contributed by atoms with Crippen LogP contribution >= 0.6 is 11.6 Å². The number of hydrogen-bond acceptors (Lipinski definition) is 2. The van der Waals surface area contributed by atoms with Crippen molar-refractivity contribution < 1.29 is 8.78 Å². The van der Waals surface area contributed by atoms with E-state index < -0.39 is 0 Å². The fourth-order valence-corrected chi connectivity index (χ4v) is 2.62. The molecule has 2 aromatic rings. The number of halogens is 3. The summed E-state index contributed by atoms with van der Waals surface area (Å²) in [6, 6.07) is 13.9. The van der Waals surface area contributed by atoms with Gasteiger partial charge in [0.15, 0.2) is 0 Å². The topological polar surface area (TPSA) is 38.0 Å². The Morgan fingerprint density at radius 1 is 1.16 bits per heavy atom. The molecule has 132 valence electrons. The van der Waals surface area contributed by atoms with Gasteiger partial charge in [-0.25, -0.2) is 8.78 Å². The maximum absolute atomic E-state index is 13.1. The van der Waals surface area contributed by atoms with E-state index in [0.29, 0.717) is 37.8 Å². The summed E-state index contributed by atoms with van der Waals surface area (Å²) in [6.45, 7) is 0.740. The van der Waals surface area contributed by atoms with E-state index in [4.69, 9.17) is 17.3 Å². The van der Waals surface area contributed by atoms with Crippen molar-refractivity contribution >= 4 is 22.9 Å². The van der Waals surface area contributed by atoms with Gasteiger partial charge in [-0.2, -0.15) is 0 Å². The zero-order valence-electron chi connectivity index (χ0n) is 13.8. The molecule has 0 aliphatic carbocycles. The molecule has 2 rings (SSSR count). The van der Waals surface area contributed by atoms with Crippen molar-refractivity contribution in [3.8, 4) is 0 Å². The van der Waals surface area contributed by atoms with E-state index in [0.717, 1.165) is 22.4 Å². The molecular weight excluding hydrogens is 342 g/mol. The van der Waals surface area contributed by atoms with E-state index in [1.807, 2.05) is 24.3 Å². The van der Waals surface area contributed by atoms with E-state index in [1.165, 1.54) is 17.7 Å². The van der Waals surface area contributed by atoms with Gasteiger partial charge >= 0.3 is 0 Å². The van der Waals surface area contributed by atoms with Crippen molar-refractivity contribution in [1.29, 1.82) is 0 Å². The Kier molecular flexibility index (Phi) is 7.64. The van der Waals surface area contributed by atoms with Crippen molar-refractivity contribution in [3.63, 3.8) is 0 Å². The van der Waals surface area contributed by atoms with Crippen molar-refractivity contribution in [2.24, 2.45) is 5.73 Å². The molecule has 0 radical (unpaired) electrons. The lowest BCUT2D eigenvalue weighted by molar-refractivity contribution is 0.626. The summed E-state index contributed by atoms with van der Waals surface area (Å²) in [4.78, 5) is 0. The smallest absolute Gasteiger partial charge is 0.123 e. The average Bonchev–Trinajstić information content (AvgIpc) is 2.65. The monoisotopic (exact) mass is 362 g/mol. The number of aryl methyl sites for hydroxylation is 1. The lowest BCUT2D eigenvalue weighted by Gasteiger charge is -2.11. The van der Waals surface area contributed by atoms with Crippen molar-refractivity contribution in [2.45, 2.75) is 12.8 Å². The van der Waals surface area contributed by atoms with E-state index in [2.05, 4.69) is 5.32 Å². The molecule has 25 heavy (non-hydrogen) atoms. The van der Waals surface area contributed by atoms with Crippen LogP contribution in [-0.4, -0.2) is 13.1 Å². The molecular formula is C20H21ClF2N2. The van der Waals surface area contributed by atoms with Gasteiger partial charge in [-0.3, -0.25) is 0 Å². The number of nitrogens with two attached hydrogens (primary N) is 1. The minimum atomic E-state index is -0.269. The second-order valence-electron chi connectivity index (χ2n) is 5.67. The molecule has 0 saturated carbocycles. The Bertz CT molecular complexity index is 740. The SMILES string of the molecule is NC/C(=C/Cl)c1cccc(NC/C(=C/F)CCc2ccc(F)cc2)c1. The Hall–Kier alpha value is -2.17. The van der Waals surface area contributed by atoms with Gasteiger partial charge in [-0.1, -0.05) is 35.9 Å². The highest BCUT2D eigenvalue weighted by Gasteiger charge is 2.03. The second kappa shape index (κ2) is 9.97. The standard InChI is InChI=1S/C20H21ClF2N2/c21-11-18(13-24)17-2-1-3-20(10-17)25-14-16(12-22)5-4-15-6-8-19(23)9-7-15/h1-3,6-12,25H,4-5,13-14,24H2/b16-12+,18-11-. The summed E-state index contributed by atoms with van der Waals surface area (Å²) in [6.07, 6.45) is 1.85. The van der Waals surface area contributed by atoms with Gasteiger partial charge in [0.25, 0.3) is 0 Å².